The van der Waals surface area contributed by atoms with Crippen LogP contribution in [0, 0.1) is 0 Å². The average Bonchev–Trinajstić information content (AvgIpc) is 1.86. The number of rotatable bonds is 1. The van der Waals surface area contributed by atoms with Crippen LogP contribution >= 0.6 is 0 Å². The van der Waals surface area contributed by atoms with E-state index in [1.807, 2.05) is 0 Å². The Morgan fingerprint density at radius 1 is 1.25 bits per heavy atom. The highest BCUT2D eigenvalue weighted by Gasteiger charge is 1.98. The summed E-state index contributed by atoms with van der Waals surface area (Å²) in [5.41, 5.74) is 0. The largest absolute Gasteiger partial charge is 0.550 e. The quantitative estimate of drug-likeness (QED) is 0.312. The van der Waals surface area contributed by atoms with Gasteiger partial charge in [-0.05, 0) is 13.8 Å². The molecule has 0 saturated heterocycles. The van der Waals surface area contributed by atoms with Crippen molar-refractivity contribution in [1.29, 1.82) is 0 Å². The second-order valence-electron chi connectivity index (χ2n) is 1.50. The second-order valence-corrected chi connectivity index (χ2v) is 1.50. The normalized spacial score (nSPS) is 7.50. The summed E-state index contributed by atoms with van der Waals surface area (Å²) in [6.07, 6.45) is 0. The lowest BCUT2D eigenvalue weighted by Gasteiger charge is -1.98. The smallest absolute Gasteiger partial charge is 0.354 e. The molecule has 0 rings (SSSR count). The molecular formula is C6H8O6-2. The van der Waals surface area contributed by atoms with Crippen molar-refractivity contribution in [1.82, 2.24) is 0 Å². The van der Waals surface area contributed by atoms with Gasteiger partial charge < -0.3 is 24.5 Å². The summed E-state index contributed by atoms with van der Waals surface area (Å²) in [4.78, 5) is 28.3. The number of esters is 1. The molecule has 6 nitrogen and oxygen atoms in total. The Bertz CT molecular complexity index is 169. The monoisotopic (exact) mass is 176 g/mol. The lowest BCUT2D eigenvalue weighted by atomic mass is 10.7. The van der Waals surface area contributed by atoms with Crippen molar-refractivity contribution >= 4 is 17.9 Å². The van der Waals surface area contributed by atoms with Crippen molar-refractivity contribution < 1.29 is 29.3 Å². The maximum atomic E-state index is 9.86. The molecule has 0 fully saturated rings. The molecule has 0 N–H and O–H groups in total. The van der Waals surface area contributed by atoms with Gasteiger partial charge in [0.1, 0.15) is 0 Å². The van der Waals surface area contributed by atoms with Crippen LogP contribution in [0.3, 0.4) is 0 Å². The fraction of sp³-hybridized carbons (Fsp3) is 0.500. The van der Waals surface area contributed by atoms with Gasteiger partial charge in [0.25, 0.3) is 0 Å². The lowest BCUT2D eigenvalue weighted by molar-refractivity contribution is -0.304. The Morgan fingerprint density at radius 2 is 1.58 bits per heavy atom. The molecule has 70 valence electrons. The summed E-state index contributed by atoms with van der Waals surface area (Å²) >= 11 is 0. The highest BCUT2D eigenvalue weighted by Crippen LogP contribution is 1.72. The number of aliphatic carboxylic acids is 2. The fourth-order valence-corrected chi connectivity index (χ4v) is 0.190. The summed E-state index contributed by atoms with van der Waals surface area (Å²) in [6, 6.07) is 0. The minimum atomic E-state index is -1.80. The van der Waals surface area contributed by atoms with Gasteiger partial charge in [0.15, 0.2) is 5.97 Å². The molecular weight excluding hydrogens is 168 g/mol. The van der Waals surface area contributed by atoms with Crippen molar-refractivity contribution in [3.05, 3.63) is 0 Å². The molecule has 0 aliphatic rings. The van der Waals surface area contributed by atoms with Gasteiger partial charge in [-0.2, -0.15) is 0 Å². The Hall–Kier alpha value is -1.59. The predicted octanol–water partition coefficient (Wildman–Crippen LogP) is -2.94. The lowest BCUT2D eigenvalue weighted by Crippen LogP contribution is -2.33. The topological polar surface area (TPSA) is 107 Å². The fourth-order valence-electron chi connectivity index (χ4n) is 0.190. The number of hydrogen-bond acceptors (Lipinski definition) is 6. The van der Waals surface area contributed by atoms with Crippen molar-refractivity contribution in [2.24, 2.45) is 0 Å². The standard InChI is InChI=1S/C4H6O4.C2H4O2/c1-2-8-4(7)3(5)6;1-2(3)4/h2H2,1H3,(H,5,6);1H3,(H,3,4)/p-2. The maximum Gasteiger partial charge on any atom is 0.354 e. The van der Waals surface area contributed by atoms with Gasteiger partial charge in [-0.15, -0.1) is 0 Å². The van der Waals surface area contributed by atoms with Gasteiger partial charge in [0.05, 0.1) is 6.61 Å². The molecule has 0 heterocycles. The van der Waals surface area contributed by atoms with Gasteiger partial charge in [0.2, 0.25) is 0 Å². The van der Waals surface area contributed by atoms with Gasteiger partial charge in [-0.25, -0.2) is 4.79 Å². The van der Waals surface area contributed by atoms with Crippen LogP contribution in [-0.4, -0.2) is 24.5 Å². The van der Waals surface area contributed by atoms with Crippen molar-refractivity contribution in [2.45, 2.75) is 13.8 Å². The number of carbonyl (C=O) groups excluding carboxylic acids is 3. The first kappa shape index (κ1) is 13.0. The zero-order valence-corrected chi connectivity index (χ0v) is 6.66. The van der Waals surface area contributed by atoms with Crippen LogP contribution in [0.4, 0.5) is 0 Å². The van der Waals surface area contributed by atoms with E-state index in [1.165, 1.54) is 6.92 Å². The highest BCUT2D eigenvalue weighted by atomic mass is 16.6. The van der Waals surface area contributed by atoms with Gasteiger partial charge in [-0.3, -0.25) is 0 Å². The van der Waals surface area contributed by atoms with Crippen LogP contribution in [0.2, 0.25) is 0 Å². The molecule has 6 heteroatoms. The molecule has 12 heavy (non-hydrogen) atoms. The number of hydrogen-bond donors (Lipinski definition) is 0. The Balaban J connectivity index is 0. The van der Waals surface area contributed by atoms with Crippen LogP contribution in [0.1, 0.15) is 13.8 Å². The number of ether oxygens (including phenoxy) is 1. The number of carboxylic acid groups (broad SMARTS) is 2. The summed E-state index contributed by atoms with van der Waals surface area (Å²) < 4.78 is 4.00. The SMILES string of the molecule is CC(=O)[O-].CCOC(=O)C(=O)[O-]. The Kier molecular flexibility index (Phi) is 8.16. The number of carbonyl (C=O) groups is 3. The molecule has 0 bridgehead atoms. The molecule has 0 radical (unpaired) electrons. The van der Waals surface area contributed by atoms with Gasteiger partial charge in [0, 0.05) is 5.97 Å². The summed E-state index contributed by atoms with van der Waals surface area (Å²) in [5, 5.41) is 18.4. The van der Waals surface area contributed by atoms with Crippen LogP contribution in [0.25, 0.3) is 0 Å². The predicted molar refractivity (Wildman–Crippen MR) is 32.3 cm³/mol. The van der Waals surface area contributed by atoms with E-state index in [1.54, 1.807) is 0 Å². The van der Waals surface area contributed by atoms with E-state index in [-0.39, 0.29) is 6.61 Å². The van der Waals surface area contributed by atoms with Crippen molar-refractivity contribution in [2.75, 3.05) is 6.61 Å². The summed E-state index contributed by atoms with van der Waals surface area (Å²) in [5.74, 6) is -4.20. The van der Waals surface area contributed by atoms with E-state index in [4.69, 9.17) is 9.90 Å². The molecule has 0 aliphatic carbocycles. The first-order chi connectivity index (χ1) is 5.41. The molecule has 0 spiro atoms. The van der Waals surface area contributed by atoms with Crippen LogP contribution < -0.4 is 10.2 Å². The van der Waals surface area contributed by atoms with Crippen molar-refractivity contribution in [3.8, 4) is 0 Å². The maximum absolute atomic E-state index is 9.86. The third-order valence-electron chi connectivity index (χ3n) is 0.442. The van der Waals surface area contributed by atoms with E-state index in [9.17, 15) is 14.7 Å². The zero-order valence-electron chi connectivity index (χ0n) is 6.66. The first-order valence-corrected chi connectivity index (χ1v) is 2.97. The second kappa shape index (κ2) is 7.52. The van der Waals surface area contributed by atoms with E-state index in [0.717, 1.165) is 6.92 Å². The van der Waals surface area contributed by atoms with Gasteiger partial charge >= 0.3 is 5.97 Å². The third kappa shape index (κ3) is 15.8. The van der Waals surface area contributed by atoms with Crippen molar-refractivity contribution in [3.63, 3.8) is 0 Å². The Morgan fingerprint density at radius 3 is 1.67 bits per heavy atom. The zero-order chi connectivity index (χ0) is 10.1. The molecule has 0 amide bonds. The molecule has 0 aromatic carbocycles. The van der Waals surface area contributed by atoms with E-state index in [2.05, 4.69) is 4.74 Å². The number of carboxylic acids is 2. The van der Waals surface area contributed by atoms with Crippen LogP contribution in [0.5, 0.6) is 0 Å². The average molecular weight is 176 g/mol. The third-order valence-corrected chi connectivity index (χ3v) is 0.442. The Labute approximate surface area is 68.8 Å². The summed E-state index contributed by atoms with van der Waals surface area (Å²) in [7, 11) is 0. The molecule has 0 atom stereocenters. The minimum absolute atomic E-state index is 0.0623. The van der Waals surface area contributed by atoms with Gasteiger partial charge in [-0.1, -0.05) is 0 Å². The van der Waals surface area contributed by atoms with E-state index >= 15 is 0 Å². The molecule has 0 aromatic heterocycles. The minimum Gasteiger partial charge on any atom is -0.550 e. The molecule has 0 aliphatic heterocycles. The highest BCUT2D eigenvalue weighted by molar-refractivity contribution is 6.27. The van der Waals surface area contributed by atoms with E-state index < -0.39 is 17.9 Å². The summed E-state index contributed by atoms with van der Waals surface area (Å²) in [6.45, 7) is 2.55. The van der Waals surface area contributed by atoms with Crippen LogP contribution in [-0.2, 0) is 19.1 Å². The first-order valence-electron chi connectivity index (χ1n) is 2.97. The van der Waals surface area contributed by atoms with E-state index in [0.29, 0.717) is 0 Å². The van der Waals surface area contributed by atoms with Crippen LogP contribution in [0.15, 0.2) is 0 Å². The molecule has 0 aromatic rings. The molecule has 0 unspecified atom stereocenters. The molecule has 0 saturated carbocycles.